The highest BCUT2D eigenvalue weighted by Gasteiger charge is 2.00. The van der Waals surface area contributed by atoms with Gasteiger partial charge in [-0.25, -0.2) is 0 Å². The lowest BCUT2D eigenvalue weighted by Crippen LogP contribution is -2.38. The van der Waals surface area contributed by atoms with Crippen LogP contribution in [0.25, 0.3) is 0 Å². The first-order valence-corrected chi connectivity index (χ1v) is 7.25. The summed E-state index contributed by atoms with van der Waals surface area (Å²) in [5.41, 5.74) is 0. The number of hydrogen-bond acceptors (Lipinski definition) is 4. The fraction of sp³-hybridized carbons (Fsp3) is 0.643. The van der Waals surface area contributed by atoms with Crippen LogP contribution in [-0.2, 0) is 16.1 Å². The van der Waals surface area contributed by atoms with E-state index in [1.165, 1.54) is 7.11 Å². The van der Waals surface area contributed by atoms with Crippen LogP contribution in [0.5, 0.6) is 0 Å². The first kappa shape index (κ1) is 17.0. The molecule has 0 bridgehead atoms. The summed E-state index contributed by atoms with van der Waals surface area (Å²) in [4.78, 5) is 15.1. The third-order valence-corrected chi connectivity index (χ3v) is 2.97. The highest BCUT2D eigenvalue weighted by molar-refractivity contribution is 5.79. The van der Waals surface area contributed by atoms with Gasteiger partial charge in [-0.05, 0) is 25.3 Å². The number of aromatic nitrogens is 2. The molecule has 0 unspecified atom stereocenters. The summed E-state index contributed by atoms with van der Waals surface area (Å²) >= 11 is 0. The molecule has 21 heavy (non-hydrogen) atoms. The second-order valence-corrected chi connectivity index (χ2v) is 4.58. The van der Waals surface area contributed by atoms with Crippen LogP contribution in [-0.4, -0.2) is 49.0 Å². The van der Waals surface area contributed by atoms with Crippen LogP contribution in [0, 0.1) is 0 Å². The van der Waals surface area contributed by atoms with E-state index in [2.05, 4.69) is 25.5 Å². The molecular formula is C14H25N5O2. The molecule has 1 heterocycles. The molecule has 0 saturated carbocycles. The van der Waals surface area contributed by atoms with Gasteiger partial charge in [0.1, 0.15) is 0 Å². The fourth-order valence-corrected chi connectivity index (χ4v) is 1.80. The van der Waals surface area contributed by atoms with Gasteiger partial charge in [0.25, 0.3) is 0 Å². The van der Waals surface area contributed by atoms with Crippen molar-refractivity contribution in [2.24, 2.45) is 4.99 Å². The Labute approximate surface area is 125 Å². The van der Waals surface area contributed by atoms with Crippen LogP contribution in [0.1, 0.15) is 25.7 Å². The van der Waals surface area contributed by atoms with Gasteiger partial charge in [-0.15, -0.1) is 0 Å². The maximum Gasteiger partial charge on any atom is 0.305 e. The summed E-state index contributed by atoms with van der Waals surface area (Å²) in [5, 5.41) is 10.6. The van der Waals surface area contributed by atoms with Gasteiger partial charge in [-0.3, -0.25) is 14.5 Å². The zero-order valence-corrected chi connectivity index (χ0v) is 12.8. The number of carbonyl (C=O) groups excluding carboxylic acids is 1. The number of guanidine groups is 1. The third-order valence-electron chi connectivity index (χ3n) is 2.97. The van der Waals surface area contributed by atoms with Crippen molar-refractivity contribution >= 4 is 11.9 Å². The van der Waals surface area contributed by atoms with Crippen LogP contribution >= 0.6 is 0 Å². The van der Waals surface area contributed by atoms with Crippen molar-refractivity contribution in [1.82, 2.24) is 20.4 Å². The maximum atomic E-state index is 11.0. The number of ether oxygens (including phenoxy) is 1. The smallest absolute Gasteiger partial charge is 0.305 e. The van der Waals surface area contributed by atoms with Crippen LogP contribution in [0.3, 0.4) is 0 Å². The summed E-state index contributed by atoms with van der Waals surface area (Å²) in [6.45, 7) is 2.51. The Kier molecular flexibility index (Phi) is 8.67. The van der Waals surface area contributed by atoms with E-state index in [9.17, 15) is 4.79 Å². The molecule has 7 heteroatoms. The topological polar surface area (TPSA) is 80.5 Å². The van der Waals surface area contributed by atoms with Crippen molar-refractivity contribution in [3.63, 3.8) is 0 Å². The number of nitrogens with one attached hydrogen (secondary N) is 2. The Hall–Kier alpha value is -2.05. The van der Waals surface area contributed by atoms with Crippen molar-refractivity contribution in [3.05, 3.63) is 18.5 Å². The van der Waals surface area contributed by atoms with E-state index in [1.54, 1.807) is 13.2 Å². The fourth-order valence-electron chi connectivity index (χ4n) is 1.80. The predicted molar refractivity (Wildman–Crippen MR) is 82.1 cm³/mol. The Bertz CT molecular complexity index is 417. The van der Waals surface area contributed by atoms with E-state index in [4.69, 9.17) is 0 Å². The molecule has 0 aliphatic carbocycles. The Balaban J connectivity index is 2.02. The van der Waals surface area contributed by atoms with E-state index >= 15 is 0 Å². The van der Waals surface area contributed by atoms with Crippen LogP contribution in [0.15, 0.2) is 23.5 Å². The zero-order valence-electron chi connectivity index (χ0n) is 12.8. The molecule has 0 atom stereocenters. The summed E-state index contributed by atoms with van der Waals surface area (Å²) in [6, 6.07) is 1.92. The van der Waals surface area contributed by atoms with Gasteiger partial charge < -0.3 is 15.4 Å². The number of nitrogens with zero attached hydrogens (tertiary/aromatic N) is 3. The van der Waals surface area contributed by atoms with Crippen LogP contribution in [0.4, 0.5) is 0 Å². The lowest BCUT2D eigenvalue weighted by Gasteiger charge is -2.11. The van der Waals surface area contributed by atoms with Crippen molar-refractivity contribution in [3.8, 4) is 0 Å². The molecule has 0 aliphatic heterocycles. The average Bonchev–Trinajstić information content (AvgIpc) is 3.02. The van der Waals surface area contributed by atoms with E-state index in [0.29, 0.717) is 6.42 Å². The van der Waals surface area contributed by atoms with E-state index in [1.807, 2.05) is 16.9 Å². The molecule has 0 radical (unpaired) electrons. The zero-order chi connectivity index (χ0) is 15.3. The highest BCUT2D eigenvalue weighted by atomic mass is 16.5. The minimum Gasteiger partial charge on any atom is -0.469 e. The van der Waals surface area contributed by atoms with Crippen molar-refractivity contribution in [2.75, 3.05) is 27.2 Å². The van der Waals surface area contributed by atoms with Crippen molar-refractivity contribution < 1.29 is 9.53 Å². The van der Waals surface area contributed by atoms with Crippen LogP contribution < -0.4 is 10.6 Å². The molecule has 7 nitrogen and oxygen atoms in total. The number of hydrogen-bond donors (Lipinski definition) is 2. The molecule has 1 aromatic rings. The number of methoxy groups -OCH3 is 1. The molecule has 1 rings (SSSR count). The standard InChI is InChI=1S/C14H25N5O2/c1-15-14(16-8-4-3-7-13(20)21-2)17-9-5-11-19-12-6-10-18-19/h6,10,12H,3-5,7-9,11H2,1-2H3,(H2,15,16,17). The molecule has 0 amide bonds. The Morgan fingerprint density at radius 1 is 1.29 bits per heavy atom. The minimum atomic E-state index is -0.156. The molecule has 0 saturated heterocycles. The highest BCUT2D eigenvalue weighted by Crippen LogP contribution is 1.95. The lowest BCUT2D eigenvalue weighted by molar-refractivity contribution is -0.140. The van der Waals surface area contributed by atoms with Crippen molar-refractivity contribution in [1.29, 1.82) is 0 Å². The number of aliphatic imine (C=N–C) groups is 1. The first-order valence-electron chi connectivity index (χ1n) is 7.25. The normalized spacial score (nSPS) is 11.2. The summed E-state index contributed by atoms with van der Waals surface area (Å²) in [7, 11) is 3.16. The maximum absolute atomic E-state index is 11.0. The van der Waals surface area contributed by atoms with Gasteiger partial charge in [-0.2, -0.15) is 5.10 Å². The summed E-state index contributed by atoms with van der Waals surface area (Å²) in [6.07, 6.45) is 6.90. The third kappa shape index (κ3) is 7.96. The minimum absolute atomic E-state index is 0.156. The molecule has 0 spiro atoms. The van der Waals surface area contributed by atoms with Gasteiger partial charge in [0, 0.05) is 45.5 Å². The number of rotatable bonds is 9. The second-order valence-electron chi connectivity index (χ2n) is 4.58. The van der Waals surface area contributed by atoms with E-state index < -0.39 is 0 Å². The quantitative estimate of drug-likeness (QED) is 0.304. The molecule has 0 fully saturated rings. The van der Waals surface area contributed by atoms with E-state index in [0.717, 1.165) is 44.9 Å². The average molecular weight is 295 g/mol. The van der Waals surface area contributed by atoms with Gasteiger partial charge >= 0.3 is 5.97 Å². The Morgan fingerprint density at radius 2 is 2.05 bits per heavy atom. The molecule has 0 aliphatic rings. The van der Waals surface area contributed by atoms with Gasteiger partial charge in [0.05, 0.1) is 7.11 Å². The lowest BCUT2D eigenvalue weighted by atomic mass is 10.2. The molecule has 2 N–H and O–H groups in total. The summed E-state index contributed by atoms with van der Waals surface area (Å²) < 4.78 is 6.50. The second kappa shape index (κ2) is 10.7. The number of aryl methyl sites for hydroxylation is 1. The Morgan fingerprint density at radius 3 is 2.67 bits per heavy atom. The monoisotopic (exact) mass is 295 g/mol. The largest absolute Gasteiger partial charge is 0.469 e. The van der Waals surface area contributed by atoms with Gasteiger partial charge in [-0.1, -0.05) is 0 Å². The number of unbranched alkanes of at least 4 members (excludes halogenated alkanes) is 1. The number of carbonyl (C=O) groups is 1. The SMILES string of the molecule is CN=C(NCCCCC(=O)OC)NCCCn1cccn1. The van der Waals surface area contributed by atoms with Gasteiger partial charge in [0.15, 0.2) is 5.96 Å². The predicted octanol–water partition coefficient (Wildman–Crippen LogP) is 0.782. The molecule has 118 valence electrons. The van der Waals surface area contributed by atoms with Gasteiger partial charge in [0.2, 0.25) is 0 Å². The molecular weight excluding hydrogens is 270 g/mol. The van der Waals surface area contributed by atoms with Crippen LogP contribution in [0.2, 0.25) is 0 Å². The first-order chi connectivity index (χ1) is 10.3. The summed E-state index contributed by atoms with van der Waals surface area (Å²) in [5.74, 6) is 0.629. The number of esters is 1. The molecule has 1 aromatic heterocycles. The molecule has 0 aromatic carbocycles. The van der Waals surface area contributed by atoms with E-state index in [-0.39, 0.29) is 5.97 Å². The van der Waals surface area contributed by atoms with Crippen molar-refractivity contribution in [2.45, 2.75) is 32.2 Å².